The molecule has 3 rings (SSSR count). The summed E-state index contributed by atoms with van der Waals surface area (Å²) in [5.41, 5.74) is 0.376. The summed E-state index contributed by atoms with van der Waals surface area (Å²) in [4.78, 5) is 23.9. The monoisotopic (exact) mass is 492 g/mol. The van der Waals surface area contributed by atoms with Gasteiger partial charge in [-0.1, -0.05) is 93.6 Å². The second-order valence-corrected chi connectivity index (χ2v) is 13.5. The number of nitro groups is 1. The maximum atomic E-state index is 12.9. The van der Waals surface area contributed by atoms with E-state index in [0.29, 0.717) is 12.2 Å². The Bertz CT molecular complexity index is 1090. The summed E-state index contributed by atoms with van der Waals surface area (Å²) >= 11 is 0. The number of carbonyl (C=O) groups is 1. The molecule has 0 aliphatic carbocycles. The van der Waals surface area contributed by atoms with E-state index in [1.807, 2.05) is 36.4 Å². The Kier molecular flexibility index (Phi) is 8.42. The molecule has 3 aromatic carbocycles. The molecule has 35 heavy (non-hydrogen) atoms. The number of rotatable bonds is 10. The summed E-state index contributed by atoms with van der Waals surface area (Å²) < 4.78 is 12.1. The Balaban J connectivity index is 1.98. The molecule has 0 spiro atoms. The molecule has 0 fully saturated rings. The lowest BCUT2D eigenvalue weighted by Crippen LogP contribution is -2.68. The predicted molar refractivity (Wildman–Crippen MR) is 141 cm³/mol. The zero-order chi connectivity index (χ0) is 25.5. The van der Waals surface area contributed by atoms with Gasteiger partial charge >= 0.3 is 5.97 Å². The van der Waals surface area contributed by atoms with Crippen LogP contribution in [0.15, 0.2) is 84.9 Å². The van der Waals surface area contributed by atoms with E-state index in [2.05, 4.69) is 50.4 Å². The van der Waals surface area contributed by atoms with E-state index >= 15 is 0 Å². The number of nitro benzene ring substituents is 1. The lowest BCUT2D eigenvalue weighted by Gasteiger charge is -2.44. The minimum atomic E-state index is -2.99. The van der Waals surface area contributed by atoms with Gasteiger partial charge in [-0.2, -0.15) is 0 Å². The fraction of sp³-hybridized carbons (Fsp3) is 0.296. The van der Waals surface area contributed by atoms with Gasteiger partial charge in [0.2, 0.25) is 0 Å². The molecule has 0 heterocycles. The van der Waals surface area contributed by atoms with E-state index in [9.17, 15) is 14.9 Å². The van der Waals surface area contributed by atoms with Gasteiger partial charge in [0.05, 0.1) is 12.0 Å². The average Bonchev–Trinajstić information content (AvgIpc) is 2.86. The summed E-state index contributed by atoms with van der Waals surface area (Å²) in [5, 5.41) is 16.2. The van der Waals surface area contributed by atoms with Gasteiger partial charge in [0.25, 0.3) is 14.0 Å². The van der Waals surface area contributed by atoms with Crippen LogP contribution in [0.3, 0.4) is 0 Å². The van der Waals surface area contributed by atoms with Gasteiger partial charge in [0, 0.05) is 19.0 Å². The molecule has 0 aromatic heterocycles. The highest BCUT2D eigenvalue weighted by molar-refractivity contribution is 6.99. The van der Waals surface area contributed by atoms with Crippen LogP contribution in [0, 0.1) is 10.1 Å². The molecule has 0 bridgehead atoms. The van der Waals surface area contributed by atoms with Gasteiger partial charge < -0.3 is 14.5 Å². The van der Waals surface area contributed by atoms with Crippen LogP contribution < -0.4 is 15.7 Å². The molecule has 8 heteroatoms. The molecule has 1 atom stereocenters. The standard InChI is InChI=1S/C27H32N2O5Si/c1-27(2,3)35(21-13-7-5-8-14-21,22-15-9-6-10-16-22)34-25(26(30)33-4)19-20-28-23-17-11-12-18-24(23)29(31)32/h5-18,25,28H,19-20H2,1-4H3/t25-/m0/s1. The molecular weight excluding hydrogens is 460 g/mol. The van der Waals surface area contributed by atoms with E-state index in [1.165, 1.54) is 13.2 Å². The third-order valence-electron chi connectivity index (χ3n) is 6.02. The number of carbonyl (C=O) groups excluding carboxylic acids is 1. The number of nitrogens with one attached hydrogen (secondary N) is 1. The Morgan fingerprint density at radius 3 is 1.94 bits per heavy atom. The number of nitrogens with zero attached hydrogens (tertiary/aromatic N) is 1. The smallest absolute Gasteiger partial charge is 0.333 e. The van der Waals surface area contributed by atoms with Crippen molar-refractivity contribution in [2.75, 3.05) is 19.0 Å². The van der Waals surface area contributed by atoms with E-state index in [0.717, 1.165) is 10.4 Å². The maximum Gasteiger partial charge on any atom is 0.333 e. The van der Waals surface area contributed by atoms with E-state index < -0.39 is 25.3 Å². The average molecular weight is 493 g/mol. The van der Waals surface area contributed by atoms with Gasteiger partial charge in [0.1, 0.15) is 11.8 Å². The van der Waals surface area contributed by atoms with Crippen molar-refractivity contribution in [2.24, 2.45) is 0 Å². The molecule has 0 radical (unpaired) electrons. The van der Waals surface area contributed by atoms with Crippen LogP contribution in [0.5, 0.6) is 0 Å². The lowest BCUT2D eigenvalue weighted by atomic mass is 10.2. The number of hydrogen-bond donors (Lipinski definition) is 1. The number of anilines is 1. The van der Waals surface area contributed by atoms with E-state index in [1.54, 1.807) is 18.2 Å². The fourth-order valence-electron chi connectivity index (χ4n) is 4.38. The van der Waals surface area contributed by atoms with Crippen molar-refractivity contribution in [3.05, 3.63) is 95.0 Å². The lowest BCUT2D eigenvalue weighted by molar-refractivity contribution is -0.384. The molecule has 0 unspecified atom stereocenters. The normalized spacial score (nSPS) is 12.6. The Labute approximate surface area is 207 Å². The summed E-state index contributed by atoms with van der Waals surface area (Å²) in [6, 6.07) is 26.5. The summed E-state index contributed by atoms with van der Waals surface area (Å²) in [5.74, 6) is -0.470. The second kappa shape index (κ2) is 11.3. The van der Waals surface area contributed by atoms with Gasteiger partial charge in [-0.3, -0.25) is 10.1 Å². The van der Waals surface area contributed by atoms with Crippen LogP contribution in [0.25, 0.3) is 0 Å². The largest absolute Gasteiger partial charge is 0.467 e. The van der Waals surface area contributed by atoms with Crippen LogP contribution in [0.2, 0.25) is 5.04 Å². The molecule has 0 amide bonds. The molecule has 0 saturated heterocycles. The number of para-hydroxylation sites is 2. The van der Waals surface area contributed by atoms with Gasteiger partial charge in [-0.15, -0.1) is 0 Å². The maximum absolute atomic E-state index is 12.9. The molecule has 7 nitrogen and oxygen atoms in total. The third-order valence-corrected chi connectivity index (χ3v) is 11.1. The van der Waals surface area contributed by atoms with E-state index in [4.69, 9.17) is 9.16 Å². The van der Waals surface area contributed by atoms with Crippen LogP contribution in [-0.4, -0.2) is 39.0 Å². The molecule has 0 aliphatic rings. The second-order valence-electron chi connectivity index (χ2n) is 9.28. The Morgan fingerprint density at radius 1 is 0.943 bits per heavy atom. The number of methoxy groups -OCH3 is 1. The van der Waals surface area contributed by atoms with Crippen molar-refractivity contribution in [2.45, 2.75) is 38.3 Å². The van der Waals surface area contributed by atoms with Crippen molar-refractivity contribution in [1.82, 2.24) is 0 Å². The van der Waals surface area contributed by atoms with Crippen LogP contribution in [-0.2, 0) is 14.0 Å². The first-order valence-electron chi connectivity index (χ1n) is 11.5. The van der Waals surface area contributed by atoms with Gasteiger partial charge in [-0.25, -0.2) is 4.79 Å². The number of hydrogen-bond acceptors (Lipinski definition) is 6. The van der Waals surface area contributed by atoms with E-state index in [-0.39, 0.29) is 17.1 Å². The highest BCUT2D eigenvalue weighted by Gasteiger charge is 2.52. The first-order chi connectivity index (χ1) is 16.7. The molecule has 0 saturated carbocycles. The first kappa shape index (κ1) is 26.1. The predicted octanol–water partition coefficient (Wildman–Crippen LogP) is 4.52. The molecule has 184 valence electrons. The SMILES string of the molecule is COC(=O)[C@H](CCNc1ccccc1[N+](=O)[O-])O[Si](c1ccccc1)(c1ccccc1)C(C)(C)C. The zero-order valence-electron chi connectivity index (χ0n) is 20.6. The van der Waals surface area contributed by atoms with Crippen molar-refractivity contribution in [3.8, 4) is 0 Å². The summed E-state index contributed by atoms with van der Waals surface area (Å²) in [6.45, 7) is 6.71. The number of ether oxygens (including phenoxy) is 1. The van der Waals surface area contributed by atoms with Gasteiger partial charge in [-0.05, 0) is 21.5 Å². The van der Waals surface area contributed by atoms with Crippen molar-refractivity contribution >= 4 is 36.0 Å². The highest BCUT2D eigenvalue weighted by atomic mass is 28.4. The van der Waals surface area contributed by atoms with Crippen molar-refractivity contribution < 1.29 is 18.9 Å². The topological polar surface area (TPSA) is 90.7 Å². The Hall–Kier alpha value is -3.49. The van der Waals surface area contributed by atoms with Crippen LogP contribution >= 0.6 is 0 Å². The molecular formula is C27H32N2O5Si. The van der Waals surface area contributed by atoms with Crippen LogP contribution in [0.1, 0.15) is 27.2 Å². The van der Waals surface area contributed by atoms with Crippen molar-refractivity contribution in [3.63, 3.8) is 0 Å². The molecule has 0 aliphatic heterocycles. The summed E-state index contributed by atoms with van der Waals surface area (Å²) in [7, 11) is -1.64. The number of benzene rings is 3. The fourth-order valence-corrected chi connectivity index (χ4v) is 9.04. The third kappa shape index (κ3) is 5.78. The molecule has 1 N–H and O–H groups in total. The first-order valence-corrected chi connectivity index (χ1v) is 13.5. The highest BCUT2D eigenvalue weighted by Crippen LogP contribution is 2.38. The van der Waals surface area contributed by atoms with Crippen LogP contribution in [0.4, 0.5) is 11.4 Å². The minimum absolute atomic E-state index is 0.0185. The number of esters is 1. The Morgan fingerprint density at radius 2 is 1.46 bits per heavy atom. The van der Waals surface area contributed by atoms with Crippen molar-refractivity contribution in [1.29, 1.82) is 0 Å². The molecule has 3 aromatic rings. The minimum Gasteiger partial charge on any atom is -0.467 e. The zero-order valence-corrected chi connectivity index (χ0v) is 21.6. The van der Waals surface area contributed by atoms with Gasteiger partial charge in [0.15, 0.2) is 0 Å². The quantitative estimate of drug-likeness (QED) is 0.194. The summed E-state index contributed by atoms with van der Waals surface area (Å²) in [6.07, 6.45) is -0.579.